The van der Waals surface area contributed by atoms with Crippen molar-refractivity contribution in [3.63, 3.8) is 0 Å². The molecule has 0 fully saturated rings. The highest BCUT2D eigenvalue weighted by Crippen LogP contribution is 2.16. The summed E-state index contributed by atoms with van der Waals surface area (Å²) in [6.45, 7) is 0. The smallest absolute Gasteiger partial charge is 0.230 e. The molecule has 0 aliphatic carbocycles. The van der Waals surface area contributed by atoms with Crippen molar-refractivity contribution < 1.29 is 0 Å². The van der Waals surface area contributed by atoms with E-state index in [9.17, 15) is 0 Å². The van der Waals surface area contributed by atoms with Crippen LogP contribution in [-0.2, 0) is 0 Å². The second-order valence-corrected chi connectivity index (χ2v) is 3.86. The second kappa shape index (κ2) is 5.22. The van der Waals surface area contributed by atoms with Gasteiger partial charge >= 0.3 is 0 Å². The standard InChI is InChI=1S/C14H11N5/c1-2-4-11(5-3-1)13-16-10-17-14(19-13)18-12-6-8-15-9-7-12/h1-10H,(H,15,16,17,18,19). The highest BCUT2D eigenvalue weighted by molar-refractivity contribution is 5.58. The summed E-state index contributed by atoms with van der Waals surface area (Å²) in [5.41, 5.74) is 1.85. The Balaban J connectivity index is 1.89. The quantitative estimate of drug-likeness (QED) is 0.773. The number of benzene rings is 1. The minimum Gasteiger partial charge on any atom is -0.324 e. The summed E-state index contributed by atoms with van der Waals surface area (Å²) in [6, 6.07) is 13.5. The maximum Gasteiger partial charge on any atom is 0.230 e. The molecule has 19 heavy (non-hydrogen) atoms. The molecule has 0 unspecified atom stereocenters. The molecule has 2 heterocycles. The van der Waals surface area contributed by atoms with Gasteiger partial charge in [-0.05, 0) is 12.1 Å². The van der Waals surface area contributed by atoms with Crippen LogP contribution in [0.4, 0.5) is 11.6 Å². The lowest BCUT2D eigenvalue weighted by atomic mass is 10.2. The molecule has 92 valence electrons. The Kier molecular flexibility index (Phi) is 3.10. The third-order valence-corrected chi connectivity index (χ3v) is 2.54. The van der Waals surface area contributed by atoms with Crippen LogP contribution in [0.5, 0.6) is 0 Å². The fourth-order valence-electron chi connectivity index (χ4n) is 1.65. The summed E-state index contributed by atoms with van der Waals surface area (Å²) in [5.74, 6) is 1.16. The van der Waals surface area contributed by atoms with Crippen LogP contribution in [0.15, 0.2) is 61.2 Å². The van der Waals surface area contributed by atoms with Crippen LogP contribution in [0.3, 0.4) is 0 Å². The summed E-state index contributed by atoms with van der Waals surface area (Å²) < 4.78 is 0. The van der Waals surface area contributed by atoms with E-state index in [-0.39, 0.29) is 0 Å². The normalized spacial score (nSPS) is 10.1. The van der Waals surface area contributed by atoms with Crippen LogP contribution in [0, 0.1) is 0 Å². The Morgan fingerprint density at radius 2 is 1.63 bits per heavy atom. The fourth-order valence-corrected chi connectivity index (χ4v) is 1.65. The molecule has 1 N–H and O–H groups in total. The average molecular weight is 249 g/mol. The van der Waals surface area contributed by atoms with Gasteiger partial charge in [-0.2, -0.15) is 4.98 Å². The first-order chi connectivity index (χ1) is 9.42. The van der Waals surface area contributed by atoms with Crippen LogP contribution in [0.1, 0.15) is 0 Å². The molecule has 0 bridgehead atoms. The van der Waals surface area contributed by atoms with E-state index in [2.05, 4.69) is 25.3 Å². The topological polar surface area (TPSA) is 63.6 Å². The monoisotopic (exact) mass is 249 g/mol. The zero-order chi connectivity index (χ0) is 12.9. The second-order valence-electron chi connectivity index (χ2n) is 3.86. The molecule has 5 heteroatoms. The molecule has 0 amide bonds. The molecular weight excluding hydrogens is 238 g/mol. The number of nitrogens with zero attached hydrogens (tertiary/aromatic N) is 4. The first kappa shape index (κ1) is 11.3. The molecule has 0 aliphatic heterocycles. The first-order valence-corrected chi connectivity index (χ1v) is 5.83. The van der Waals surface area contributed by atoms with Crippen LogP contribution in [0.25, 0.3) is 11.4 Å². The molecule has 3 aromatic rings. The number of rotatable bonds is 3. The Labute approximate surface area is 110 Å². The molecular formula is C14H11N5. The fraction of sp³-hybridized carbons (Fsp3) is 0. The number of nitrogens with one attached hydrogen (secondary N) is 1. The molecule has 0 spiro atoms. The minimum atomic E-state index is 0.514. The molecule has 0 aliphatic rings. The van der Waals surface area contributed by atoms with Gasteiger partial charge < -0.3 is 5.32 Å². The number of hydrogen-bond donors (Lipinski definition) is 1. The van der Waals surface area contributed by atoms with Crippen molar-refractivity contribution in [3.8, 4) is 11.4 Å². The molecule has 0 saturated carbocycles. The predicted molar refractivity (Wildman–Crippen MR) is 72.8 cm³/mol. The van der Waals surface area contributed by atoms with Crippen LogP contribution < -0.4 is 5.32 Å². The maximum atomic E-state index is 4.38. The molecule has 2 aromatic heterocycles. The van der Waals surface area contributed by atoms with Crippen molar-refractivity contribution in [1.29, 1.82) is 0 Å². The van der Waals surface area contributed by atoms with Gasteiger partial charge in [-0.25, -0.2) is 9.97 Å². The van der Waals surface area contributed by atoms with Gasteiger partial charge in [0.25, 0.3) is 0 Å². The van der Waals surface area contributed by atoms with Gasteiger partial charge in [0.2, 0.25) is 5.95 Å². The van der Waals surface area contributed by atoms with E-state index in [1.54, 1.807) is 12.4 Å². The Morgan fingerprint density at radius 1 is 0.842 bits per heavy atom. The largest absolute Gasteiger partial charge is 0.324 e. The lowest BCUT2D eigenvalue weighted by Crippen LogP contribution is -1.99. The highest BCUT2D eigenvalue weighted by Gasteiger charge is 2.03. The van der Waals surface area contributed by atoms with Crippen molar-refractivity contribution in [3.05, 3.63) is 61.2 Å². The summed E-state index contributed by atoms with van der Waals surface area (Å²) >= 11 is 0. The maximum absolute atomic E-state index is 4.38. The zero-order valence-electron chi connectivity index (χ0n) is 10.1. The van der Waals surface area contributed by atoms with Crippen molar-refractivity contribution in [2.45, 2.75) is 0 Å². The molecule has 5 nitrogen and oxygen atoms in total. The molecule has 0 atom stereocenters. The van der Waals surface area contributed by atoms with Gasteiger partial charge in [0, 0.05) is 23.6 Å². The van der Waals surface area contributed by atoms with Gasteiger partial charge in [-0.1, -0.05) is 30.3 Å². The Hall–Kier alpha value is -2.82. The number of hydrogen-bond acceptors (Lipinski definition) is 5. The van der Waals surface area contributed by atoms with E-state index < -0.39 is 0 Å². The summed E-state index contributed by atoms with van der Waals surface area (Å²) in [7, 11) is 0. The predicted octanol–water partition coefficient (Wildman–Crippen LogP) is 2.68. The van der Waals surface area contributed by atoms with Gasteiger partial charge in [-0.15, -0.1) is 0 Å². The number of pyridine rings is 1. The number of aromatic nitrogens is 4. The molecule has 3 rings (SSSR count). The van der Waals surface area contributed by atoms with Gasteiger partial charge in [0.1, 0.15) is 6.33 Å². The highest BCUT2D eigenvalue weighted by atomic mass is 15.1. The minimum absolute atomic E-state index is 0.514. The van der Waals surface area contributed by atoms with Crippen molar-refractivity contribution in [1.82, 2.24) is 19.9 Å². The van der Waals surface area contributed by atoms with Gasteiger partial charge in [0.15, 0.2) is 5.82 Å². The third kappa shape index (κ3) is 2.71. The summed E-state index contributed by atoms with van der Waals surface area (Å²) in [4.78, 5) is 16.6. The van der Waals surface area contributed by atoms with E-state index in [1.807, 2.05) is 42.5 Å². The van der Waals surface area contributed by atoms with Crippen LogP contribution in [-0.4, -0.2) is 19.9 Å². The molecule has 0 radical (unpaired) electrons. The summed E-state index contributed by atoms with van der Waals surface area (Å²) in [5, 5.41) is 3.11. The van der Waals surface area contributed by atoms with E-state index in [1.165, 1.54) is 6.33 Å². The first-order valence-electron chi connectivity index (χ1n) is 5.83. The van der Waals surface area contributed by atoms with Crippen molar-refractivity contribution >= 4 is 11.6 Å². The third-order valence-electron chi connectivity index (χ3n) is 2.54. The molecule has 0 saturated heterocycles. The van der Waals surface area contributed by atoms with Crippen LogP contribution >= 0.6 is 0 Å². The van der Waals surface area contributed by atoms with Crippen molar-refractivity contribution in [2.75, 3.05) is 5.32 Å². The van der Waals surface area contributed by atoms with E-state index in [0.29, 0.717) is 11.8 Å². The SMILES string of the molecule is c1ccc(-c2ncnc(Nc3ccncc3)n2)cc1. The number of anilines is 2. The zero-order valence-corrected chi connectivity index (χ0v) is 10.1. The van der Waals surface area contributed by atoms with E-state index in [4.69, 9.17) is 0 Å². The van der Waals surface area contributed by atoms with Crippen LogP contribution in [0.2, 0.25) is 0 Å². The van der Waals surface area contributed by atoms with Crippen molar-refractivity contribution in [2.24, 2.45) is 0 Å². The van der Waals surface area contributed by atoms with E-state index >= 15 is 0 Å². The van der Waals surface area contributed by atoms with Gasteiger partial charge in [-0.3, -0.25) is 4.98 Å². The molecule has 1 aromatic carbocycles. The average Bonchev–Trinajstić information content (AvgIpc) is 2.49. The Bertz CT molecular complexity index is 655. The summed E-state index contributed by atoms with van der Waals surface area (Å²) in [6.07, 6.45) is 4.92. The van der Waals surface area contributed by atoms with E-state index in [0.717, 1.165) is 11.3 Å². The van der Waals surface area contributed by atoms with Gasteiger partial charge in [0.05, 0.1) is 0 Å². The Morgan fingerprint density at radius 3 is 2.42 bits per heavy atom. The lowest BCUT2D eigenvalue weighted by Gasteiger charge is -2.05. The lowest BCUT2D eigenvalue weighted by molar-refractivity contribution is 1.06.